The highest BCUT2D eigenvalue weighted by Crippen LogP contribution is 2.55. The van der Waals surface area contributed by atoms with Gasteiger partial charge in [0.05, 0.1) is 7.11 Å². The molecule has 0 aromatic heterocycles. The second kappa shape index (κ2) is 4.49. The average molecular weight is 274 g/mol. The SMILES string of the molecule is [2H]C([2H])([2H])N1CC[C@@]23CCCCC2[C@@H]1Cc1ccc(OC)cc13. The van der Waals surface area contributed by atoms with Gasteiger partial charge in [-0.3, -0.25) is 0 Å². The van der Waals surface area contributed by atoms with E-state index in [1.807, 2.05) is 11.0 Å². The molecule has 2 fully saturated rings. The van der Waals surface area contributed by atoms with Crippen LogP contribution in [0.25, 0.3) is 0 Å². The maximum Gasteiger partial charge on any atom is 0.119 e. The number of likely N-dealkylation sites (tertiary alicyclic amines) is 1. The summed E-state index contributed by atoms with van der Waals surface area (Å²) in [5, 5.41) is 0. The monoisotopic (exact) mass is 274 g/mol. The van der Waals surface area contributed by atoms with Crippen LogP contribution < -0.4 is 4.74 Å². The van der Waals surface area contributed by atoms with Crippen LogP contribution in [0, 0.1) is 5.92 Å². The Morgan fingerprint density at radius 2 is 2.30 bits per heavy atom. The Bertz CT molecular complexity index is 615. The van der Waals surface area contributed by atoms with Crippen molar-refractivity contribution in [2.24, 2.45) is 5.92 Å². The van der Waals surface area contributed by atoms with Crippen molar-refractivity contribution in [2.45, 2.75) is 50.0 Å². The minimum absolute atomic E-state index is 0.164. The maximum atomic E-state index is 7.94. The van der Waals surface area contributed by atoms with Crippen LogP contribution in [-0.4, -0.2) is 31.6 Å². The Kier molecular flexibility index (Phi) is 2.21. The second-order valence-electron chi connectivity index (χ2n) is 6.75. The van der Waals surface area contributed by atoms with Gasteiger partial charge in [-0.1, -0.05) is 18.9 Å². The topological polar surface area (TPSA) is 12.5 Å². The largest absolute Gasteiger partial charge is 0.497 e. The first-order valence-corrected chi connectivity index (χ1v) is 7.90. The van der Waals surface area contributed by atoms with Gasteiger partial charge in [0.15, 0.2) is 0 Å². The van der Waals surface area contributed by atoms with Crippen LogP contribution in [0.15, 0.2) is 18.2 Å². The normalized spacial score (nSPS) is 39.0. The molecule has 1 saturated heterocycles. The van der Waals surface area contributed by atoms with E-state index in [9.17, 15) is 0 Å². The van der Waals surface area contributed by atoms with Crippen LogP contribution in [0.2, 0.25) is 0 Å². The molecule has 0 amide bonds. The molecule has 3 atom stereocenters. The molecule has 2 bridgehead atoms. The first kappa shape index (κ1) is 9.83. The zero-order valence-electron chi connectivity index (χ0n) is 15.2. The van der Waals surface area contributed by atoms with Crippen LogP contribution in [-0.2, 0) is 11.8 Å². The summed E-state index contributed by atoms with van der Waals surface area (Å²) in [5.41, 5.74) is 2.96. The Morgan fingerprint density at radius 3 is 3.15 bits per heavy atom. The maximum absolute atomic E-state index is 7.94. The van der Waals surface area contributed by atoms with Gasteiger partial charge in [-0.05, 0) is 68.4 Å². The summed E-state index contributed by atoms with van der Waals surface area (Å²) in [6, 6.07) is 6.58. The number of likely N-dealkylation sites (N-methyl/N-ethyl adjacent to an activating group) is 1. The highest BCUT2D eigenvalue weighted by atomic mass is 16.5. The molecule has 1 unspecified atom stereocenters. The first-order valence-electron chi connectivity index (χ1n) is 9.40. The molecule has 1 saturated carbocycles. The third-order valence-electron chi connectivity index (χ3n) is 6.04. The van der Waals surface area contributed by atoms with Crippen LogP contribution >= 0.6 is 0 Å². The van der Waals surface area contributed by atoms with E-state index in [1.165, 1.54) is 30.4 Å². The molecule has 4 rings (SSSR count). The van der Waals surface area contributed by atoms with Crippen molar-refractivity contribution in [3.8, 4) is 5.75 Å². The summed E-state index contributed by atoms with van der Waals surface area (Å²) < 4.78 is 29.3. The van der Waals surface area contributed by atoms with Crippen LogP contribution in [0.5, 0.6) is 5.75 Å². The van der Waals surface area contributed by atoms with E-state index >= 15 is 0 Å². The molecule has 1 aliphatic heterocycles. The van der Waals surface area contributed by atoms with Gasteiger partial charge >= 0.3 is 0 Å². The number of nitrogens with zero attached hydrogens (tertiary/aromatic N) is 1. The molecule has 108 valence electrons. The highest BCUT2D eigenvalue weighted by molar-refractivity contribution is 5.45. The van der Waals surface area contributed by atoms with Gasteiger partial charge in [-0.15, -0.1) is 0 Å². The molecule has 1 aromatic rings. The molecule has 2 heteroatoms. The van der Waals surface area contributed by atoms with E-state index < -0.39 is 6.98 Å². The molecule has 1 heterocycles. The summed E-state index contributed by atoms with van der Waals surface area (Å²) in [6.45, 7) is -1.29. The van der Waals surface area contributed by atoms with Crippen molar-refractivity contribution in [1.29, 1.82) is 0 Å². The van der Waals surface area contributed by atoms with Gasteiger partial charge < -0.3 is 9.64 Å². The van der Waals surface area contributed by atoms with Crippen molar-refractivity contribution < 1.29 is 8.85 Å². The van der Waals surface area contributed by atoms with Crippen molar-refractivity contribution in [1.82, 2.24) is 4.90 Å². The third-order valence-corrected chi connectivity index (χ3v) is 6.04. The summed E-state index contributed by atoms with van der Waals surface area (Å²) in [5.74, 6) is 1.41. The van der Waals surface area contributed by atoms with Gasteiger partial charge in [0.2, 0.25) is 0 Å². The number of piperidine rings is 1. The van der Waals surface area contributed by atoms with Gasteiger partial charge in [-0.25, -0.2) is 0 Å². The van der Waals surface area contributed by atoms with Crippen molar-refractivity contribution in [3.63, 3.8) is 0 Å². The summed E-state index contributed by atoms with van der Waals surface area (Å²) in [7, 11) is 1.72. The van der Waals surface area contributed by atoms with Gasteiger partial charge in [0.1, 0.15) is 5.75 Å². The molecule has 2 nitrogen and oxygen atoms in total. The molecule has 1 aromatic carbocycles. The Labute approximate surface area is 126 Å². The zero-order chi connectivity index (χ0) is 16.2. The number of fused-ring (bicyclic) bond motifs is 1. The lowest BCUT2D eigenvalue weighted by Crippen LogP contribution is -2.59. The Balaban J connectivity index is 1.84. The number of hydrogen-bond donors (Lipinski definition) is 0. The fourth-order valence-corrected chi connectivity index (χ4v) is 5.11. The minimum Gasteiger partial charge on any atom is -0.497 e. The molecule has 3 aliphatic rings. The highest BCUT2D eigenvalue weighted by Gasteiger charge is 2.53. The summed E-state index contributed by atoms with van der Waals surface area (Å²) >= 11 is 0. The van der Waals surface area contributed by atoms with Crippen molar-refractivity contribution >= 4 is 0 Å². The standard InChI is InChI=1S/C18H25NO/c1-19-10-9-18-8-4-3-5-15(18)17(19)11-13-6-7-14(20-2)12-16(13)18/h6-7,12,15,17H,3-5,8-11H2,1-2H3/t15?,17-,18-/m0/s1/i1D3. The summed E-state index contributed by atoms with van der Waals surface area (Å²) in [6.07, 6.45) is 6.68. The lowest BCUT2D eigenvalue weighted by Gasteiger charge is -2.58. The first-order chi connectivity index (χ1) is 11.0. The molecular weight excluding hydrogens is 246 g/mol. The lowest BCUT2D eigenvalue weighted by molar-refractivity contribution is 0.00274. The summed E-state index contributed by atoms with van der Waals surface area (Å²) in [4.78, 5) is 1.81. The van der Waals surface area contributed by atoms with E-state index in [0.717, 1.165) is 25.0 Å². The van der Waals surface area contributed by atoms with Crippen molar-refractivity contribution in [2.75, 3.05) is 20.6 Å². The van der Waals surface area contributed by atoms with E-state index in [1.54, 1.807) is 7.11 Å². The molecule has 0 N–H and O–H groups in total. The van der Waals surface area contributed by atoms with E-state index in [-0.39, 0.29) is 11.5 Å². The van der Waals surface area contributed by atoms with E-state index in [0.29, 0.717) is 12.5 Å². The fraction of sp³-hybridized carbons (Fsp3) is 0.667. The second-order valence-corrected chi connectivity index (χ2v) is 6.75. The fourth-order valence-electron chi connectivity index (χ4n) is 5.11. The van der Waals surface area contributed by atoms with Crippen molar-refractivity contribution in [3.05, 3.63) is 29.3 Å². The van der Waals surface area contributed by atoms with Crippen LogP contribution in [0.4, 0.5) is 0 Å². The third kappa shape index (κ3) is 1.60. The molecule has 0 spiro atoms. The number of rotatable bonds is 1. The number of benzene rings is 1. The Morgan fingerprint density at radius 1 is 1.35 bits per heavy atom. The lowest BCUT2D eigenvalue weighted by atomic mass is 9.52. The van der Waals surface area contributed by atoms with Crippen LogP contribution in [0.3, 0.4) is 0 Å². The zero-order valence-corrected chi connectivity index (χ0v) is 12.2. The number of methoxy groups -OCH3 is 1. The van der Waals surface area contributed by atoms with Gasteiger partial charge in [-0.2, -0.15) is 0 Å². The number of ether oxygens (including phenoxy) is 1. The van der Waals surface area contributed by atoms with Gasteiger partial charge in [0.25, 0.3) is 0 Å². The predicted molar refractivity (Wildman–Crippen MR) is 81.4 cm³/mol. The van der Waals surface area contributed by atoms with Gasteiger partial charge in [0, 0.05) is 15.6 Å². The molecule has 0 radical (unpaired) electrons. The molecule has 2 aliphatic carbocycles. The number of hydrogen-bond acceptors (Lipinski definition) is 2. The minimum atomic E-state index is -1.97. The molecule has 20 heavy (non-hydrogen) atoms. The smallest absolute Gasteiger partial charge is 0.119 e. The quantitative estimate of drug-likeness (QED) is 0.778. The van der Waals surface area contributed by atoms with E-state index in [2.05, 4.69) is 12.1 Å². The predicted octanol–water partition coefficient (Wildman–Crippen LogP) is 3.38. The van der Waals surface area contributed by atoms with Crippen LogP contribution in [0.1, 0.15) is 47.3 Å². The van der Waals surface area contributed by atoms with E-state index in [4.69, 9.17) is 8.85 Å². The average Bonchev–Trinajstić information content (AvgIpc) is 2.53. The molecular formula is C18H25NO. The Hall–Kier alpha value is -1.02.